The van der Waals surface area contributed by atoms with Crippen LogP contribution in [0.2, 0.25) is 0 Å². The van der Waals surface area contributed by atoms with Gasteiger partial charge in [-0.3, -0.25) is 9.69 Å². The van der Waals surface area contributed by atoms with Crippen molar-refractivity contribution in [1.82, 2.24) is 19.8 Å². The van der Waals surface area contributed by atoms with E-state index in [-0.39, 0.29) is 11.9 Å². The molecule has 0 bridgehead atoms. The van der Waals surface area contributed by atoms with Gasteiger partial charge in [-0.1, -0.05) is 6.07 Å². The van der Waals surface area contributed by atoms with E-state index in [4.69, 9.17) is 0 Å². The third kappa shape index (κ3) is 3.85. The van der Waals surface area contributed by atoms with E-state index >= 15 is 0 Å². The van der Waals surface area contributed by atoms with Gasteiger partial charge in [0, 0.05) is 43.5 Å². The fourth-order valence-corrected chi connectivity index (χ4v) is 3.58. The minimum Gasteiger partial charge on any atom is -0.337 e. The second kappa shape index (κ2) is 7.46. The monoisotopic (exact) mass is 391 g/mol. The van der Waals surface area contributed by atoms with Crippen molar-refractivity contribution in [3.8, 4) is 0 Å². The highest BCUT2D eigenvalue weighted by Gasteiger charge is 2.28. The molecule has 2 aromatic rings. The number of halogens is 1. The number of aryl methyl sites for hydroxylation is 2. The Morgan fingerprint density at radius 2 is 2.33 bits per heavy atom. The number of imidazole rings is 1. The zero-order valence-corrected chi connectivity index (χ0v) is 15.5. The number of nitrogens with one attached hydrogen (secondary N) is 2. The highest BCUT2D eigenvalue weighted by Crippen LogP contribution is 2.24. The minimum absolute atomic E-state index is 0.0133. The van der Waals surface area contributed by atoms with Crippen molar-refractivity contribution in [2.24, 2.45) is 7.05 Å². The number of carbonyl (C=O) groups excluding carboxylic acids is 1. The molecule has 0 aliphatic carbocycles. The number of rotatable bonds is 4. The molecule has 24 heavy (non-hydrogen) atoms. The highest BCUT2D eigenvalue weighted by atomic mass is 79.9. The van der Waals surface area contributed by atoms with Crippen molar-refractivity contribution in [2.45, 2.75) is 13.0 Å². The Labute approximate surface area is 150 Å². The number of hydrogen-bond acceptors (Lipinski definition) is 4. The quantitative estimate of drug-likeness (QED) is 0.837. The van der Waals surface area contributed by atoms with Crippen LogP contribution in [0.25, 0.3) is 0 Å². The van der Waals surface area contributed by atoms with Gasteiger partial charge >= 0.3 is 0 Å². The van der Waals surface area contributed by atoms with Crippen molar-refractivity contribution in [1.29, 1.82) is 0 Å². The Morgan fingerprint density at radius 3 is 3.04 bits per heavy atom. The van der Waals surface area contributed by atoms with E-state index < -0.39 is 0 Å². The number of carbonyl (C=O) groups is 1. The summed E-state index contributed by atoms with van der Waals surface area (Å²) in [5, 5.41) is 6.37. The van der Waals surface area contributed by atoms with Gasteiger partial charge in [-0.05, 0) is 40.5 Å². The molecule has 1 saturated heterocycles. The fourth-order valence-electron chi connectivity index (χ4n) is 2.98. The molecule has 0 spiro atoms. The molecule has 1 aliphatic rings. The summed E-state index contributed by atoms with van der Waals surface area (Å²) in [6.07, 6.45) is 3.73. The molecule has 1 aromatic heterocycles. The zero-order chi connectivity index (χ0) is 17.1. The number of nitrogens with zero attached hydrogens (tertiary/aromatic N) is 3. The molecule has 1 aromatic carbocycles. The predicted octanol–water partition coefficient (Wildman–Crippen LogP) is 2.08. The molecule has 1 unspecified atom stereocenters. The average molecular weight is 392 g/mol. The molecule has 2 N–H and O–H groups in total. The van der Waals surface area contributed by atoms with Crippen LogP contribution in [0.3, 0.4) is 0 Å². The summed E-state index contributed by atoms with van der Waals surface area (Å²) in [4.78, 5) is 19.1. The molecule has 3 rings (SSSR count). The molecule has 1 aliphatic heterocycles. The van der Waals surface area contributed by atoms with Gasteiger partial charge in [0.2, 0.25) is 5.91 Å². The number of hydrogen-bond donors (Lipinski definition) is 2. The van der Waals surface area contributed by atoms with E-state index in [0.29, 0.717) is 6.54 Å². The summed E-state index contributed by atoms with van der Waals surface area (Å²) < 4.78 is 2.91. The molecule has 2 heterocycles. The van der Waals surface area contributed by atoms with Gasteiger partial charge in [-0.15, -0.1) is 0 Å². The van der Waals surface area contributed by atoms with E-state index in [9.17, 15) is 4.79 Å². The first kappa shape index (κ1) is 17.1. The summed E-state index contributed by atoms with van der Waals surface area (Å²) >= 11 is 3.50. The normalized spacial score (nSPS) is 18.5. The fraction of sp³-hybridized carbons (Fsp3) is 0.412. The van der Waals surface area contributed by atoms with E-state index in [1.54, 1.807) is 6.20 Å². The third-order valence-corrected chi connectivity index (χ3v) is 4.91. The Bertz CT molecular complexity index is 730. The lowest BCUT2D eigenvalue weighted by molar-refractivity contribution is -0.118. The molecule has 1 fully saturated rings. The van der Waals surface area contributed by atoms with Gasteiger partial charge < -0.3 is 15.2 Å². The maximum Gasteiger partial charge on any atom is 0.238 e. The first-order chi connectivity index (χ1) is 11.5. The van der Waals surface area contributed by atoms with Crippen LogP contribution >= 0.6 is 15.9 Å². The Hall–Kier alpha value is -1.70. The predicted molar refractivity (Wildman–Crippen MR) is 97.9 cm³/mol. The van der Waals surface area contributed by atoms with Gasteiger partial charge in [0.15, 0.2) is 0 Å². The molecule has 128 valence electrons. The van der Waals surface area contributed by atoms with Crippen molar-refractivity contribution in [3.05, 3.63) is 46.5 Å². The topological polar surface area (TPSA) is 62.2 Å². The van der Waals surface area contributed by atoms with Crippen LogP contribution in [0, 0.1) is 6.92 Å². The Morgan fingerprint density at radius 1 is 1.50 bits per heavy atom. The van der Waals surface area contributed by atoms with Gasteiger partial charge in [-0.2, -0.15) is 0 Å². The molecule has 1 atom stereocenters. The van der Waals surface area contributed by atoms with E-state index in [2.05, 4.69) is 36.4 Å². The number of aromatic nitrogens is 2. The summed E-state index contributed by atoms with van der Waals surface area (Å²) in [6, 6.07) is 6.01. The number of piperazine rings is 1. The first-order valence-electron chi connectivity index (χ1n) is 8.02. The van der Waals surface area contributed by atoms with Crippen molar-refractivity contribution >= 4 is 27.5 Å². The summed E-state index contributed by atoms with van der Waals surface area (Å²) in [6.45, 7) is 4.86. The lowest BCUT2D eigenvalue weighted by Gasteiger charge is -2.35. The lowest BCUT2D eigenvalue weighted by Crippen LogP contribution is -2.49. The molecular formula is C17H22BrN5O. The molecule has 6 nitrogen and oxygen atoms in total. The van der Waals surface area contributed by atoms with Gasteiger partial charge in [0.05, 0.1) is 18.3 Å². The van der Waals surface area contributed by atoms with Crippen LogP contribution < -0.4 is 10.6 Å². The summed E-state index contributed by atoms with van der Waals surface area (Å²) in [5.74, 6) is 0.965. The van der Waals surface area contributed by atoms with Crippen LogP contribution in [0.5, 0.6) is 0 Å². The SMILES string of the molecule is Cc1ccc(NC(=O)CN2CCNCC2c2nccn2C)c(Br)c1. The molecular weight excluding hydrogens is 370 g/mol. The van der Waals surface area contributed by atoms with Crippen LogP contribution in [0.1, 0.15) is 17.4 Å². The molecule has 1 amide bonds. The zero-order valence-electron chi connectivity index (χ0n) is 13.9. The largest absolute Gasteiger partial charge is 0.337 e. The van der Waals surface area contributed by atoms with Crippen LogP contribution in [0.4, 0.5) is 5.69 Å². The molecule has 0 radical (unpaired) electrons. The molecule has 0 saturated carbocycles. The van der Waals surface area contributed by atoms with E-state index in [0.717, 1.165) is 41.2 Å². The maximum absolute atomic E-state index is 12.5. The minimum atomic E-state index is -0.0133. The van der Waals surface area contributed by atoms with E-state index in [1.165, 1.54) is 0 Å². The van der Waals surface area contributed by atoms with Crippen molar-refractivity contribution < 1.29 is 4.79 Å². The highest BCUT2D eigenvalue weighted by molar-refractivity contribution is 9.10. The van der Waals surface area contributed by atoms with Crippen molar-refractivity contribution in [3.63, 3.8) is 0 Å². The smallest absolute Gasteiger partial charge is 0.238 e. The number of amides is 1. The van der Waals surface area contributed by atoms with Crippen LogP contribution in [-0.2, 0) is 11.8 Å². The van der Waals surface area contributed by atoms with Crippen LogP contribution in [0.15, 0.2) is 35.1 Å². The third-order valence-electron chi connectivity index (χ3n) is 4.26. The second-order valence-electron chi connectivity index (χ2n) is 6.12. The van der Waals surface area contributed by atoms with Gasteiger partial charge in [-0.25, -0.2) is 4.98 Å². The lowest BCUT2D eigenvalue weighted by atomic mass is 10.1. The van der Waals surface area contributed by atoms with E-state index in [1.807, 2.05) is 42.9 Å². The summed E-state index contributed by atoms with van der Waals surface area (Å²) in [5.41, 5.74) is 1.95. The Balaban J connectivity index is 1.69. The number of benzene rings is 1. The van der Waals surface area contributed by atoms with Gasteiger partial charge in [0.1, 0.15) is 5.82 Å². The second-order valence-corrected chi connectivity index (χ2v) is 6.97. The summed E-state index contributed by atoms with van der Waals surface area (Å²) in [7, 11) is 1.98. The van der Waals surface area contributed by atoms with Crippen LogP contribution in [-0.4, -0.2) is 46.5 Å². The van der Waals surface area contributed by atoms with Crippen molar-refractivity contribution in [2.75, 3.05) is 31.5 Å². The average Bonchev–Trinajstić information content (AvgIpc) is 2.97. The maximum atomic E-state index is 12.5. The number of anilines is 1. The first-order valence-corrected chi connectivity index (χ1v) is 8.82. The van der Waals surface area contributed by atoms with Gasteiger partial charge in [0.25, 0.3) is 0 Å². The standard InChI is InChI=1S/C17H22BrN5O/c1-12-3-4-14(13(18)9-12)21-16(24)11-23-8-5-19-10-15(23)17-20-6-7-22(17)2/h3-4,6-7,9,15,19H,5,8,10-11H2,1-2H3,(H,21,24). The Kier molecular flexibility index (Phi) is 5.33. The molecule has 7 heteroatoms.